The highest BCUT2D eigenvalue weighted by Crippen LogP contribution is 2.41. The number of sulfone groups is 1. The van der Waals surface area contributed by atoms with E-state index < -0.39 is 9.84 Å². The van der Waals surface area contributed by atoms with Crippen LogP contribution in [-0.4, -0.2) is 48.9 Å². The monoisotopic (exact) mass is 444 g/mol. The molecule has 0 aliphatic carbocycles. The minimum atomic E-state index is -3.10. The van der Waals surface area contributed by atoms with Crippen molar-refractivity contribution in [1.29, 1.82) is 0 Å². The second-order valence-electron chi connectivity index (χ2n) is 7.55. The standard InChI is InChI=1S/C22H24N2O4S2/c1-3-28-18-9-7-17(8-10-18)24-19-13-30(26,27)14-20(19)29-22(24)23-21(25)12-16-6-4-5-15(2)11-16/h4-11,19-20H,3,12-14H2,1-2H3/t19-,20+/m0/s1. The van der Waals surface area contributed by atoms with Crippen molar-refractivity contribution in [2.24, 2.45) is 4.99 Å². The zero-order chi connectivity index (χ0) is 21.3. The number of carbonyl (C=O) groups excluding carboxylic acids is 1. The van der Waals surface area contributed by atoms with E-state index in [4.69, 9.17) is 4.74 Å². The predicted molar refractivity (Wildman–Crippen MR) is 121 cm³/mol. The van der Waals surface area contributed by atoms with E-state index in [1.54, 1.807) is 0 Å². The molecule has 0 aromatic heterocycles. The molecule has 4 rings (SSSR count). The summed E-state index contributed by atoms with van der Waals surface area (Å²) in [7, 11) is -3.10. The van der Waals surface area contributed by atoms with Crippen LogP contribution in [0.1, 0.15) is 18.1 Å². The lowest BCUT2D eigenvalue weighted by Gasteiger charge is -2.24. The van der Waals surface area contributed by atoms with Crippen molar-refractivity contribution in [1.82, 2.24) is 0 Å². The molecule has 2 saturated heterocycles. The molecule has 1 amide bonds. The van der Waals surface area contributed by atoms with Crippen molar-refractivity contribution in [2.45, 2.75) is 31.6 Å². The Bertz CT molecular complexity index is 1080. The van der Waals surface area contributed by atoms with Crippen LogP contribution < -0.4 is 9.64 Å². The van der Waals surface area contributed by atoms with E-state index >= 15 is 0 Å². The highest BCUT2D eigenvalue weighted by molar-refractivity contribution is 8.16. The number of amidine groups is 1. The van der Waals surface area contributed by atoms with Gasteiger partial charge in [-0.3, -0.25) is 4.79 Å². The number of thioether (sulfide) groups is 1. The number of rotatable bonds is 5. The van der Waals surface area contributed by atoms with E-state index in [1.807, 2.05) is 67.3 Å². The van der Waals surface area contributed by atoms with Crippen molar-refractivity contribution in [3.63, 3.8) is 0 Å². The van der Waals surface area contributed by atoms with Gasteiger partial charge in [0.2, 0.25) is 0 Å². The highest BCUT2D eigenvalue weighted by Gasteiger charge is 2.49. The van der Waals surface area contributed by atoms with Crippen LogP contribution in [0.2, 0.25) is 0 Å². The Kier molecular flexibility index (Phi) is 5.88. The van der Waals surface area contributed by atoms with E-state index in [0.717, 1.165) is 22.6 Å². The minimum absolute atomic E-state index is 0.0724. The van der Waals surface area contributed by atoms with Crippen LogP contribution in [-0.2, 0) is 21.1 Å². The Hall–Kier alpha value is -2.32. The molecular weight excluding hydrogens is 420 g/mol. The normalized spacial score (nSPS) is 23.5. The average molecular weight is 445 g/mol. The molecule has 8 heteroatoms. The molecule has 2 aromatic carbocycles. The number of nitrogens with zero attached hydrogens (tertiary/aromatic N) is 2. The van der Waals surface area contributed by atoms with E-state index in [2.05, 4.69) is 4.99 Å². The molecule has 2 aliphatic rings. The van der Waals surface area contributed by atoms with Crippen LogP contribution in [0.5, 0.6) is 5.75 Å². The summed E-state index contributed by atoms with van der Waals surface area (Å²) < 4.78 is 29.9. The van der Waals surface area contributed by atoms with Crippen LogP contribution in [0.15, 0.2) is 53.5 Å². The average Bonchev–Trinajstić information content (AvgIpc) is 3.13. The number of fused-ring (bicyclic) bond motifs is 1. The Balaban J connectivity index is 1.62. The van der Waals surface area contributed by atoms with Gasteiger partial charge in [0.1, 0.15) is 5.75 Å². The molecule has 30 heavy (non-hydrogen) atoms. The molecule has 0 bridgehead atoms. The van der Waals surface area contributed by atoms with Gasteiger partial charge in [0.25, 0.3) is 5.91 Å². The first-order valence-electron chi connectivity index (χ1n) is 9.91. The van der Waals surface area contributed by atoms with Gasteiger partial charge >= 0.3 is 0 Å². The first-order chi connectivity index (χ1) is 14.3. The van der Waals surface area contributed by atoms with Gasteiger partial charge < -0.3 is 9.64 Å². The molecule has 2 fully saturated rings. The van der Waals surface area contributed by atoms with E-state index in [-0.39, 0.29) is 35.1 Å². The number of carbonyl (C=O) groups is 1. The quantitative estimate of drug-likeness (QED) is 0.705. The van der Waals surface area contributed by atoms with Gasteiger partial charge in [0.05, 0.1) is 30.6 Å². The summed E-state index contributed by atoms with van der Waals surface area (Å²) in [6.07, 6.45) is 0.219. The summed E-state index contributed by atoms with van der Waals surface area (Å²) in [5.74, 6) is 0.698. The molecular formula is C22H24N2O4S2. The predicted octanol–water partition coefficient (Wildman–Crippen LogP) is 3.24. The largest absolute Gasteiger partial charge is 0.494 e. The van der Waals surface area contributed by atoms with Crippen LogP contribution in [0, 0.1) is 6.92 Å². The summed E-state index contributed by atoms with van der Waals surface area (Å²) in [6, 6.07) is 15.1. The summed E-state index contributed by atoms with van der Waals surface area (Å²) >= 11 is 1.39. The minimum Gasteiger partial charge on any atom is -0.494 e. The molecule has 0 unspecified atom stereocenters. The van der Waals surface area contributed by atoms with Crippen LogP contribution in [0.25, 0.3) is 0 Å². The lowest BCUT2D eigenvalue weighted by molar-refractivity contribution is -0.117. The molecule has 2 aliphatic heterocycles. The number of anilines is 1. The van der Waals surface area contributed by atoms with Gasteiger partial charge in [-0.15, -0.1) is 0 Å². The van der Waals surface area contributed by atoms with Crippen molar-refractivity contribution >= 4 is 38.4 Å². The van der Waals surface area contributed by atoms with Gasteiger partial charge in [0, 0.05) is 10.9 Å². The van der Waals surface area contributed by atoms with Crippen LogP contribution in [0.4, 0.5) is 5.69 Å². The molecule has 2 atom stereocenters. The smallest absolute Gasteiger partial charge is 0.252 e. The SMILES string of the molecule is CCOc1ccc(N2C(=NC(=O)Cc3cccc(C)c3)S[C@@H]3CS(=O)(=O)C[C@@H]32)cc1. The Morgan fingerprint density at radius 2 is 1.97 bits per heavy atom. The van der Waals surface area contributed by atoms with Crippen LogP contribution >= 0.6 is 11.8 Å². The second-order valence-corrected chi connectivity index (χ2v) is 10.9. The number of hydrogen-bond donors (Lipinski definition) is 0. The number of hydrogen-bond acceptors (Lipinski definition) is 5. The topological polar surface area (TPSA) is 76.0 Å². The van der Waals surface area contributed by atoms with E-state index in [9.17, 15) is 13.2 Å². The molecule has 2 aromatic rings. The lowest BCUT2D eigenvalue weighted by Crippen LogP contribution is -2.37. The molecule has 0 radical (unpaired) electrons. The second kappa shape index (κ2) is 8.43. The Labute approximate surface area is 181 Å². The number of amides is 1. The third kappa shape index (κ3) is 4.54. The Morgan fingerprint density at radius 1 is 1.20 bits per heavy atom. The highest BCUT2D eigenvalue weighted by atomic mass is 32.2. The van der Waals surface area contributed by atoms with Crippen molar-refractivity contribution < 1.29 is 17.9 Å². The maximum atomic E-state index is 12.7. The third-order valence-electron chi connectivity index (χ3n) is 5.15. The first-order valence-corrected chi connectivity index (χ1v) is 12.6. The number of ether oxygens (including phenoxy) is 1. The zero-order valence-corrected chi connectivity index (χ0v) is 18.6. The third-order valence-corrected chi connectivity index (χ3v) is 8.36. The zero-order valence-electron chi connectivity index (χ0n) is 16.9. The molecule has 158 valence electrons. The molecule has 0 N–H and O–H groups in total. The van der Waals surface area contributed by atoms with Gasteiger partial charge in [-0.05, 0) is 43.7 Å². The molecule has 0 spiro atoms. The van der Waals surface area contributed by atoms with Crippen molar-refractivity contribution in [3.05, 3.63) is 59.7 Å². The van der Waals surface area contributed by atoms with Gasteiger partial charge in [0.15, 0.2) is 15.0 Å². The Morgan fingerprint density at radius 3 is 2.67 bits per heavy atom. The van der Waals surface area contributed by atoms with Crippen molar-refractivity contribution in [3.8, 4) is 5.75 Å². The van der Waals surface area contributed by atoms with Gasteiger partial charge in [-0.2, -0.15) is 4.99 Å². The summed E-state index contributed by atoms with van der Waals surface area (Å²) in [5, 5.41) is 0.453. The van der Waals surface area contributed by atoms with Crippen molar-refractivity contribution in [2.75, 3.05) is 23.0 Å². The molecule has 2 heterocycles. The fourth-order valence-corrected chi connectivity index (χ4v) is 7.81. The summed E-state index contributed by atoms with van der Waals surface area (Å²) in [4.78, 5) is 19.0. The van der Waals surface area contributed by atoms with Gasteiger partial charge in [-0.25, -0.2) is 8.42 Å². The lowest BCUT2D eigenvalue weighted by atomic mass is 10.1. The maximum absolute atomic E-state index is 12.7. The van der Waals surface area contributed by atoms with E-state index in [1.165, 1.54) is 11.8 Å². The number of aliphatic imine (C=N–C) groups is 1. The fraction of sp³-hybridized carbons (Fsp3) is 0.364. The molecule has 0 saturated carbocycles. The first kappa shape index (κ1) is 20.9. The van der Waals surface area contributed by atoms with Crippen LogP contribution in [0.3, 0.4) is 0 Å². The summed E-state index contributed by atoms with van der Waals surface area (Å²) in [5.41, 5.74) is 2.83. The molecule has 6 nitrogen and oxygen atoms in total. The number of benzene rings is 2. The van der Waals surface area contributed by atoms with E-state index in [0.29, 0.717) is 11.8 Å². The van der Waals surface area contributed by atoms with Gasteiger partial charge in [-0.1, -0.05) is 41.6 Å². The number of aryl methyl sites for hydroxylation is 1. The fourth-order valence-electron chi connectivity index (χ4n) is 3.88. The summed E-state index contributed by atoms with van der Waals surface area (Å²) in [6.45, 7) is 4.48. The maximum Gasteiger partial charge on any atom is 0.252 e.